The second kappa shape index (κ2) is 5.27. The maximum atomic E-state index is 5.70. The molecule has 0 unspecified atom stereocenters. The van der Waals surface area contributed by atoms with Crippen molar-refractivity contribution >= 4 is 15.9 Å². The van der Waals surface area contributed by atoms with Crippen molar-refractivity contribution in [3.05, 3.63) is 46.3 Å². The molecular weight excluding hydrogens is 280 g/mol. The van der Waals surface area contributed by atoms with Crippen molar-refractivity contribution < 1.29 is 4.74 Å². The van der Waals surface area contributed by atoms with Gasteiger partial charge in [0.15, 0.2) is 0 Å². The molecule has 0 atom stereocenters. The van der Waals surface area contributed by atoms with Gasteiger partial charge in [0.05, 0.1) is 0 Å². The predicted octanol–water partition coefficient (Wildman–Crippen LogP) is 3.90. The van der Waals surface area contributed by atoms with Gasteiger partial charge in [0.1, 0.15) is 11.6 Å². The average molecular weight is 293 g/mol. The molecule has 2 rings (SSSR count). The quantitative estimate of drug-likeness (QED) is 0.860. The van der Waals surface area contributed by atoms with Gasteiger partial charge in [-0.3, -0.25) is 0 Å². The van der Waals surface area contributed by atoms with Crippen LogP contribution in [0.3, 0.4) is 0 Å². The van der Waals surface area contributed by atoms with Gasteiger partial charge in [-0.1, -0.05) is 28.9 Å². The van der Waals surface area contributed by atoms with E-state index in [4.69, 9.17) is 4.74 Å². The summed E-state index contributed by atoms with van der Waals surface area (Å²) in [5, 5.41) is 0. The summed E-state index contributed by atoms with van der Waals surface area (Å²) in [6, 6.07) is 9.55. The van der Waals surface area contributed by atoms with E-state index >= 15 is 0 Å². The third-order valence-electron chi connectivity index (χ3n) is 2.25. The summed E-state index contributed by atoms with van der Waals surface area (Å²) in [7, 11) is 0. The summed E-state index contributed by atoms with van der Waals surface area (Å²) in [5.74, 6) is 2.08. The highest BCUT2D eigenvalue weighted by atomic mass is 79.9. The molecule has 0 aliphatic heterocycles. The Morgan fingerprint density at radius 1 is 1.24 bits per heavy atom. The Kier molecular flexibility index (Phi) is 3.74. The first kappa shape index (κ1) is 12.0. The molecule has 0 aliphatic rings. The topological polar surface area (TPSA) is 35.0 Å². The summed E-state index contributed by atoms with van der Waals surface area (Å²) in [4.78, 5) is 8.57. The summed E-state index contributed by atoms with van der Waals surface area (Å²) >= 11 is 3.41. The lowest BCUT2D eigenvalue weighted by Gasteiger charge is -2.07. The van der Waals surface area contributed by atoms with Crippen molar-refractivity contribution in [2.24, 2.45) is 0 Å². The van der Waals surface area contributed by atoms with Gasteiger partial charge in [-0.2, -0.15) is 4.98 Å². The second-order valence-electron chi connectivity index (χ2n) is 3.66. The van der Waals surface area contributed by atoms with Crippen molar-refractivity contribution in [2.75, 3.05) is 0 Å². The number of nitrogens with zero attached hydrogens (tertiary/aromatic N) is 2. The SMILES string of the molecule is CCc1cc(Oc2cccc(Br)c2)nc(C)n1. The number of aromatic nitrogens is 2. The first-order valence-electron chi connectivity index (χ1n) is 5.45. The third-order valence-corrected chi connectivity index (χ3v) is 2.74. The zero-order chi connectivity index (χ0) is 12.3. The first-order chi connectivity index (χ1) is 8.17. The Labute approximate surface area is 109 Å². The molecule has 0 spiro atoms. The van der Waals surface area contributed by atoms with Crippen LogP contribution in [0.2, 0.25) is 0 Å². The minimum absolute atomic E-state index is 0.590. The molecule has 0 saturated carbocycles. The van der Waals surface area contributed by atoms with E-state index in [0.29, 0.717) is 5.88 Å². The van der Waals surface area contributed by atoms with Crippen LogP contribution in [0.25, 0.3) is 0 Å². The molecule has 17 heavy (non-hydrogen) atoms. The van der Waals surface area contributed by atoms with Crippen LogP contribution in [0.1, 0.15) is 18.4 Å². The minimum atomic E-state index is 0.590. The van der Waals surface area contributed by atoms with Crippen molar-refractivity contribution in [2.45, 2.75) is 20.3 Å². The minimum Gasteiger partial charge on any atom is -0.439 e. The van der Waals surface area contributed by atoms with E-state index in [0.717, 1.165) is 28.2 Å². The maximum Gasteiger partial charge on any atom is 0.222 e. The van der Waals surface area contributed by atoms with Crippen LogP contribution in [0.5, 0.6) is 11.6 Å². The molecule has 4 heteroatoms. The van der Waals surface area contributed by atoms with E-state index in [1.54, 1.807) is 0 Å². The molecule has 3 nitrogen and oxygen atoms in total. The molecule has 0 aliphatic carbocycles. The van der Waals surface area contributed by atoms with E-state index in [1.165, 1.54) is 0 Å². The number of hydrogen-bond donors (Lipinski definition) is 0. The van der Waals surface area contributed by atoms with Crippen molar-refractivity contribution in [3.63, 3.8) is 0 Å². The molecule has 1 heterocycles. The molecule has 2 aromatic rings. The lowest BCUT2D eigenvalue weighted by Crippen LogP contribution is -1.97. The van der Waals surface area contributed by atoms with Gasteiger partial charge in [0, 0.05) is 16.2 Å². The van der Waals surface area contributed by atoms with E-state index in [1.807, 2.05) is 37.3 Å². The summed E-state index contributed by atoms with van der Waals surface area (Å²) in [6.45, 7) is 3.93. The van der Waals surface area contributed by atoms with E-state index in [-0.39, 0.29) is 0 Å². The highest BCUT2D eigenvalue weighted by Gasteiger charge is 2.03. The molecule has 0 N–H and O–H groups in total. The molecule has 1 aromatic heterocycles. The van der Waals surface area contributed by atoms with Crippen LogP contribution < -0.4 is 4.74 Å². The highest BCUT2D eigenvalue weighted by Crippen LogP contribution is 2.23. The predicted molar refractivity (Wildman–Crippen MR) is 70.4 cm³/mol. The van der Waals surface area contributed by atoms with Gasteiger partial charge >= 0.3 is 0 Å². The number of rotatable bonds is 3. The van der Waals surface area contributed by atoms with E-state index in [9.17, 15) is 0 Å². The summed E-state index contributed by atoms with van der Waals surface area (Å²) in [6.07, 6.45) is 0.873. The monoisotopic (exact) mass is 292 g/mol. The molecule has 0 saturated heterocycles. The zero-order valence-electron chi connectivity index (χ0n) is 9.77. The molecule has 0 amide bonds. The smallest absolute Gasteiger partial charge is 0.222 e. The van der Waals surface area contributed by atoms with Crippen LogP contribution in [0.4, 0.5) is 0 Å². The third kappa shape index (κ3) is 3.27. The zero-order valence-corrected chi connectivity index (χ0v) is 11.4. The van der Waals surface area contributed by atoms with Gasteiger partial charge in [-0.15, -0.1) is 0 Å². The highest BCUT2D eigenvalue weighted by molar-refractivity contribution is 9.10. The summed E-state index contributed by atoms with van der Waals surface area (Å²) in [5.41, 5.74) is 0.988. The molecular formula is C13H13BrN2O. The molecule has 0 bridgehead atoms. The standard InChI is InChI=1S/C13H13BrN2O/c1-3-11-8-13(16-9(2)15-11)17-12-6-4-5-10(14)7-12/h4-8H,3H2,1-2H3. The van der Waals surface area contributed by atoms with Gasteiger partial charge in [-0.25, -0.2) is 4.98 Å². The molecule has 0 fully saturated rings. The number of hydrogen-bond acceptors (Lipinski definition) is 3. The van der Waals surface area contributed by atoms with Crippen LogP contribution in [-0.4, -0.2) is 9.97 Å². The van der Waals surface area contributed by atoms with E-state index < -0.39 is 0 Å². The normalized spacial score (nSPS) is 10.3. The Morgan fingerprint density at radius 2 is 2.06 bits per heavy atom. The Hall–Kier alpha value is -1.42. The first-order valence-corrected chi connectivity index (χ1v) is 6.24. The van der Waals surface area contributed by atoms with Gasteiger partial charge in [0.2, 0.25) is 5.88 Å². The largest absolute Gasteiger partial charge is 0.439 e. The Morgan fingerprint density at radius 3 is 2.76 bits per heavy atom. The fourth-order valence-corrected chi connectivity index (χ4v) is 1.86. The number of aryl methyl sites for hydroxylation is 2. The van der Waals surface area contributed by atoms with Crippen molar-refractivity contribution in [3.8, 4) is 11.6 Å². The van der Waals surface area contributed by atoms with Gasteiger partial charge in [0.25, 0.3) is 0 Å². The fraction of sp³-hybridized carbons (Fsp3) is 0.231. The lowest BCUT2D eigenvalue weighted by atomic mass is 10.3. The molecule has 1 aromatic carbocycles. The second-order valence-corrected chi connectivity index (χ2v) is 4.57. The number of ether oxygens (including phenoxy) is 1. The number of benzene rings is 1. The maximum absolute atomic E-state index is 5.70. The van der Waals surface area contributed by atoms with Crippen LogP contribution in [-0.2, 0) is 6.42 Å². The lowest BCUT2D eigenvalue weighted by molar-refractivity contribution is 0.458. The van der Waals surface area contributed by atoms with Crippen LogP contribution in [0, 0.1) is 6.92 Å². The Bertz CT molecular complexity index is 529. The average Bonchev–Trinajstić information content (AvgIpc) is 2.28. The van der Waals surface area contributed by atoms with Crippen molar-refractivity contribution in [1.29, 1.82) is 0 Å². The van der Waals surface area contributed by atoms with Gasteiger partial charge in [-0.05, 0) is 31.5 Å². The van der Waals surface area contributed by atoms with Crippen LogP contribution in [0.15, 0.2) is 34.8 Å². The molecule has 0 radical (unpaired) electrons. The number of halogens is 1. The Balaban J connectivity index is 2.26. The fourth-order valence-electron chi connectivity index (χ4n) is 1.48. The molecule has 88 valence electrons. The van der Waals surface area contributed by atoms with Gasteiger partial charge < -0.3 is 4.74 Å². The summed E-state index contributed by atoms with van der Waals surface area (Å²) < 4.78 is 6.68. The van der Waals surface area contributed by atoms with E-state index in [2.05, 4.69) is 32.8 Å². The van der Waals surface area contributed by atoms with Crippen LogP contribution >= 0.6 is 15.9 Å². The van der Waals surface area contributed by atoms with Crippen molar-refractivity contribution in [1.82, 2.24) is 9.97 Å².